The lowest BCUT2D eigenvalue weighted by atomic mass is 9.95. The van der Waals surface area contributed by atoms with Crippen molar-refractivity contribution in [1.29, 1.82) is 0 Å². The van der Waals surface area contributed by atoms with E-state index >= 15 is 0 Å². The number of likely N-dealkylation sites (N-methyl/N-ethyl adjacent to an activating group) is 1. The number of hydrogen-bond donors (Lipinski definition) is 0. The van der Waals surface area contributed by atoms with E-state index < -0.39 is 21.3 Å². The predicted molar refractivity (Wildman–Crippen MR) is 106 cm³/mol. The summed E-state index contributed by atoms with van der Waals surface area (Å²) < 4.78 is 25.6. The Labute approximate surface area is 165 Å². The lowest BCUT2D eigenvalue weighted by Gasteiger charge is -2.19. The third-order valence-corrected chi connectivity index (χ3v) is 6.79. The molecule has 1 aliphatic heterocycles. The van der Waals surface area contributed by atoms with Gasteiger partial charge in [0.15, 0.2) is 0 Å². The fourth-order valence-electron chi connectivity index (χ4n) is 3.17. The molecule has 1 fully saturated rings. The zero-order valence-corrected chi connectivity index (χ0v) is 16.9. The quantitative estimate of drug-likeness (QED) is 0.766. The number of amides is 2. The van der Waals surface area contributed by atoms with Gasteiger partial charge in [0.2, 0.25) is 15.9 Å². The summed E-state index contributed by atoms with van der Waals surface area (Å²) in [6.07, 6.45) is 4.13. The molecule has 7 nitrogen and oxygen atoms in total. The van der Waals surface area contributed by atoms with Crippen molar-refractivity contribution in [2.75, 3.05) is 23.7 Å². The second kappa shape index (κ2) is 7.35. The summed E-state index contributed by atoms with van der Waals surface area (Å²) in [5.74, 6) is -0.852. The van der Waals surface area contributed by atoms with E-state index in [0.29, 0.717) is 18.5 Å². The van der Waals surface area contributed by atoms with E-state index in [4.69, 9.17) is 0 Å². The van der Waals surface area contributed by atoms with Gasteiger partial charge >= 0.3 is 0 Å². The van der Waals surface area contributed by atoms with Crippen molar-refractivity contribution in [1.82, 2.24) is 9.88 Å². The summed E-state index contributed by atoms with van der Waals surface area (Å²) in [4.78, 5) is 30.6. The Hall–Kier alpha value is -2.74. The summed E-state index contributed by atoms with van der Waals surface area (Å²) in [6.45, 7) is 3.77. The third kappa shape index (κ3) is 3.91. The minimum Gasteiger partial charge on any atom is -0.341 e. The number of nitrogens with zero attached hydrogens (tertiary/aromatic N) is 3. The van der Waals surface area contributed by atoms with Gasteiger partial charge in [0, 0.05) is 31.5 Å². The molecule has 0 bridgehead atoms. The van der Waals surface area contributed by atoms with Crippen LogP contribution in [0.1, 0.15) is 29.8 Å². The number of aromatic nitrogens is 1. The van der Waals surface area contributed by atoms with Crippen molar-refractivity contribution in [2.24, 2.45) is 5.41 Å². The molecule has 0 spiro atoms. The Kier molecular flexibility index (Phi) is 5.25. The van der Waals surface area contributed by atoms with Crippen molar-refractivity contribution in [2.45, 2.75) is 20.3 Å². The normalized spacial score (nSPS) is 17.5. The zero-order valence-electron chi connectivity index (χ0n) is 16.1. The number of carbonyl (C=O) groups is 2. The predicted octanol–water partition coefficient (Wildman–Crippen LogP) is 2.10. The van der Waals surface area contributed by atoms with Crippen LogP contribution in [0.25, 0.3) is 0 Å². The van der Waals surface area contributed by atoms with E-state index in [1.54, 1.807) is 50.3 Å². The van der Waals surface area contributed by atoms with E-state index in [1.807, 2.05) is 12.1 Å². The highest BCUT2D eigenvalue weighted by Crippen LogP contribution is 2.35. The number of anilines is 1. The van der Waals surface area contributed by atoms with Gasteiger partial charge < -0.3 is 4.90 Å². The molecule has 1 aromatic carbocycles. The molecule has 3 rings (SSSR count). The second-order valence-corrected chi connectivity index (χ2v) is 9.41. The van der Waals surface area contributed by atoms with Gasteiger partial charge in [0.1, 0.15) is 0 Å². The summed E-state index contributed by atoms with van der Waals surface area (Å²) >= 11 is 0. The lowest BCUT2D eigenvalue weighted by Crippen LogP contribution is -2.33. The van der Waals surface area contributed by atoms with E-state index in [9.17, 15) is 18.0 Å². The first-order valence-corrected chi connectivity index (χ1v) is 10.5. The largest absolute Gasteiger partial charge is 0.341 e. The first-order valence-electron chi connectivity index (χ1n) is 8.94. The SMILES string of the molecule is CN(CCc1ccncc1)C(=O)c1ccc(N2C(=O)C(C)(C)CS2(=O)=O)cc1. The molecule has 0 radical (unpaired) electrons. The molecule has 0 saturated carbocycles. The standard InChI is InChI=1S/C20H23N3O4S/c1-20(2)14-28(26,27)23(19(20)25)17-6-4-16(5-7-17)18(24)22(3)13-10-15-8-11-21-12-9-15/h4-9,11-12H,10,13-14H2,1-3H3. The van der Waals surface area contributed by atoms with Crippen molar-refractivity contribution in [3.63, 3.8) is 0 Å². The molecule has 0 aliphatic carbocycles. The van der Waals surface area contributed by atoms with Crippen LogP contribution in [0.15, 0.2) is 48.8 Å². The summed E-state index contributed by atoms with van der Waals surface area (Å²) in [5, 5.41) is 0. The molecule has 2 amide bonds. The molecular weight excluding hydrogens is 378 g/mol. The highest BCUT2D eigenvalue weighted by molar-refractivity contribution is 7.94. The maximum absolute atomic E-state index is 12.6. The Bertz CT molecular complexity index is 986. The van der Waals surface area contributed by atoms with Crippen molar-refractivity contribution >= 4 is 27.5 Å². The maximum Gasteiger partial charge on any atom is 0.253 e. The van der Waals surface area contributed by atoms with Crippen LogP contribution in [0.5, 0.6) is 0 Å². The first kappa shape index (κ1) is 20.0. The van der Waals surface area contributed by atoms with Crippen LogP contribution in [0.4, 0.5) is 5.69 Å². The molecule has 148 valence electrons. The highest BCUT2D eigenvalue weighted by Gasteiger charge is 2.49. The monoisotopic (exact) mass is 401 g/mol. The van der Waals surface area contributed by atoms with Crippen LogP contribution in [0.3, 0.4) is 0 Å². The molecule has 1 saturated heterocycles. The highest BCUT2D eigenvalue weighted by atomic mass is 32.2. The van der Waals surface area contributed by atoms with E-state index in [-0.39, 0.29) is 17.3 Å². The van der Waals surface area contributed by atoms with Gasteiger partial charge in [-0.2, -0.15) is 0 Å². The molecule has 2 heterocycles. The minimum absolute atomic E-state index is 0.170. The molecule has 2 aromatic rings. The average molecular weight is 401 g/mol. The summed E-state index contributed by atoms with van der Waals surface area (Å²) in [6, 6.07) is 9.91. The van der Waals surface area contributed by atoms with Gasteiger partial charge in [-0.1, -0.05) is 0 Å². The number of carbonyl (C=O) groups excluding carboxylic acids is 2. The molecule has 28 heavy (non-hydrogen) atoms. The maximum atomic E-state index is 12.6. The Morgan fingerprint density at radius 3 is 2.29 bits per heavy atom. The van der Waals surface area contributed by atoms with Crippen LogP contribution < -0.4 is 4.31 Å². The number of pyridine rings is 1. The van der Waals surface area contributed by atoms with Gasteiger partial charge in [-0.3, -0.25) is 14.6 Å². The van der Waals surface area contributed by atoms with Gasteiger partial charge in [-0.15, -0.1) is 0 Å². The third-order valence-electron chi connectivity index (χ3n) is 4.77. The van der Waals surface area contributed by atoms with Gasteiger partial charge in [-0.25, -0.2) is 12.7 Å². The Morgan fingerprint density at radius 1 is 1.14 bits per heavy atom. The molecule has 0 unspecified atom stereocenters. The minimum atomic E-state index is -3.70. The average Bonchev–Trinajstić information content (AvgIpc) is 2.82. The van der Waals surface area contributed by atoms with E-state index in [2.05, 4.69) is 4.98 Å². The number of benzene rings is 1. The topological polar surface area (TPSA) is 87.7 Å². The van der Waals surface area contributed by atoms with E-state index in [0.717, 1.165) is 9.87 Å². The van der Waals surface area contributed by atoms with Crippen molar-refractivity contribution in [3.05, 3.63) is 59.9 Å². The van der Waals surface area contributed by atoms with Crippen LogP contribution in [0.2, 0.25) is 0 Å². The molecule has 0 atom stereocenters. The van der Waals surface area contributed by atoms with Crippen molar-refractivity contribution in [3.8, 4) is 0 Å². The zero-order chi connectivity index (χ0) is 20.5. The molecular formula is C20H23N3O4S. The van der Waals surface area contributed by atoms with Gasteiger partial charge in [0.05, 0.1) is 16.9 Å². The number of sulfonamides is 1. The molecule has 1 aliphatic rings. The molecule has 8 heteroatoms. The number of rotatable bonds is 5. The Balaban J connectivity index is 1.72. The van der Waals surface area contributed by atoms with Crippen molar-refractivity contribution < 1.29 is 18.0 Å². The second-order valence-electron chi connectivity index (χ2n) is 7.59. The van der Waals surface area contributed by atoms with Crippen LogP contribution >= 0.6 is 0 Å². The summed E-state index contributed by atoms with van der Waals surface area (Å²) in [7, 11) is -1.99. The van der Waals surface area contributed by atoms with Gasteiger partial charge in [0.25, 0.3) is 5.91 Å². The fourth-order valence-corrected chi connectivity index (χ4v) is 5.28. The number of hydrogen-bond acceptors (Lipinski definition) is 5. The van der Waals surface area contributed by atoms with Gasteiger partial charge in [-0.05, 0) is 62.2 Å². The molecule has 0 N–H and O–H groups in total. The molecule has 1 aromatic heterocycles. The van der Waals surface area contributed by atoms with Crippen LogP contribution in [0, 0.1) is 5.41 Å². The fraction of sp³-hybridized carbons (Fsp3) is 0.350. The van der Waals surface area contributed by atoms with Crippen LogP contribution in [-0.4, -0.2) is 49.5 Å². The summed E-state index contributed by atoms with van der Waals surface area (Å²) in [5.41, 5.74) is 0.821. The first-order chi connectivity index (χ1) is 13.1. The lowest BCUT2D eigenvalue weighted by molar-refractivity contribution is -0.123. The smallest absolute Gasteiger partial charge is 0.253 e. The Morgan fingerprint density at radius 2 is 1.75 bits per heavy atom. The van der Waals surface area contributed by atoms with E-state index in [1.165, 1.54) is 12.1 Å². The van der Waals surface area contributed by atoms with Crippen LogP contribution in [-0.2, 0) is 21.2 Å².